The number of fused-ring (bicyclic) bond motifs is 1. The van der Waals surface area contributed by atoms with Gasteiger partial charge in [0.05, 0.1) is 18.1 Å². The summed E-state index contributed by atoms with van der Waals surface area (Å²) in [5, 5.41) is 22.9. The quantitative estimate of drug-likeness (QED) is 0.628. The van der Waals surface area contributed by atoms with Crippen LogP contribution in [-0.2, 0) is 14.4 Å². The number of rotatable bonds is 5. The molecular formula is C13H16N2O5S. The van der Waals surface area contributed by atoms with Gasteiger partial charge >= 0.3 is 5.97 Å². The number of nitrogens with zero attached hydrogens (tertiary/aromatic N) is 1. The van der Waals surface area contributed by atoms with Gasteiger partial charge in [0.2, 0.25) is 11.8 Å². The second kappa shape index (κ2) is 5.90. The lowest BCUT2D eigenvalue weighted by molar-refractivity contribution is -0.161. The number of hydrogen-bond donors (Lipinski definition) is 3. The summed E-state index contributed by atoms with van der Waals surface area (Å²) in [4.78, 5) is 35.8. The molecule has 0 aromatic carbocycles. The van der Waals surface area contributed by atoms with Gasteiger partial charge in [-0.3, -0.25) is 9.59 Å². The fourth-order valence-electron chi connectivity index (χ4n) is 2.60. The summed E-state index contributed by atoms with van der Waals surface area (Å²) in [5.41, 5.74) is -0.0284. The smallest absolute Gasteiger partial charge is 0.353 e. The first kappa shape index (κ1) is 15.6. The first-order chi connectivity index (χ1) is 9.84. The highest BCUT2D eigenvalue weighted by molar-refractivity contribution is 8.05. The van der Waals surface area contributed by atoms with Crippen molar-refractivity contribution >= 4 is 29.5 Å². The first-order valence-electron chi connectivity index (χ1n) is 6.41. The second-order valence-electron chi connectivity index (χ2n) is 4.94. The summed E-state index contributed by atoms with van der Waals surface area (Å²) in [6, 6.07) is -0.291. The molecule has 2 aliphatic rings. The van der Waals surface area contributed by atoms with Crippen LogP contribution in [0.5, 0.6) is 0 Å². The molecular weight excluding hydrogens is 296 g/mol. The van der Waals surface area contributed by atoms with E-state index in [9.17, 15) is 24.6 Å². The van der Waals surface area contributed by atoms with Crippen molar-refractivity contribution in [3.05, 3.63) is 22.2 Å². The fourth-order valence-corrected chi connectivity index (χ4v) is 3.47. The number of aliphatic hydroxyl groups excluding tert-OH is 1. The Labute approximate surface area is 125 Å². The van der Waals surface area contributed by atoms with Gasteiger partial charge in [0.25, 0.3) is 0 Å². The van der Waals surface area contributed by atoms with Gasteiger partial charge in [0.15, 0.2) is 0 Å². The molecule has 7 nitrogen and oxygen atoms in total. The molecule has 2 aliphatic heterocycles. The number of aliphatic hydroxyl groups is 1. The van der Waals surface area contributed by atoms with Gasteiger partial charge in [-0.1, -0.05) is 11.8 Å². The van der Waals surface area contributed by atoms with Crippen molar-refractivity contribution in [1.82, 2.24) is 10.2 Å². The molecule has 3 atom stereocenters. The fraction of sp³-hybridized carbons (Fsp3) is 0.462. The van der Waals surface area contributed by atoms with E-state index in [0.29, 0.717) is 11.3 Å². The van der Waals surface area contributed by atoms with E-state index >= 15 is 0 Å². The van der Waals surface area contributed by atoms with Crippen molar-refractivity contribution in [3.8, 4) is 0 Å². The van der Waals surface area contributed by atoms with E-state index in [4.69, 9.17) is 0 Å². The minimum Gasteiger partial charge on any atom is -0.477 e. The molecule has 2 heterocycles. The monoisotopic (exact) mass is 312 g/mol. The molecule has 1 saturated heterocycles. The highest BCUT2D eigenvalue weighted by atomic mass is 32.2. The Hall–Kier alpha value is -1.80. The van der Waals surface area contributed by atoms with Crippen LogP contribution < -0.4 is 5.32 Å². The van der Waals surface area contributed by atoms with Crippen LogP contribution in [0.3, 0.4) is 0 Å². The maximum absolute atomic E-state index is 11.9. The predicted octanol–water partition coefficient (Wildman–Crippen LogP) is 0.235. The largest absolute Gasteiger partial charge is 0.477 e. The Morgan fingerprint density at radius 1 is 1.52 bits per heavy atom. The van der Waals surface area contributed by atoms with Crippen LogP contribution in [0.4, 0.5) is 0 Å². The Bertz CT molecular complexity index is 555. The van der Waals surface area contributed by atoms with E-state index in [0.717, 1.165) is 11.8 Å². The van der Waals surface area contributed by atoms with Crippen molar-refractivity contribution < 1.29 is 24.6 Å². The van der Waals surface area contributed by atoms with Crippen molar-refractivity contribution in [2.75, 3.05) is 0 Å². The lowest BCUT2D eigenvalue weighted by Crippen LogP contribution is -2.61. The SMILES string of the molecule is CC(=O)N/C=C/SC1=C(C(=O)O)N2C(=O)[C@H]([C@H](C)O)[C@H]2C1. The molecule has 0 spiro atoms. The summed E-state index contributed by atoms with van der Waals surface area (Å²) in [6.45, 7) is 2.90. The van der Waals surface area contributed by atoms with E-state index in [1.807, 2.05) is 0 Å². The van der Waals surface area contributed by atoms with Crippen LogP contribution in [0.2, 0.25) is 0 Å². The molecule has 0 aromatic heterocycles. The lowest BCUT2D eigenvalue weighted by atomic mass is 9.83. The predicted molar refractivity (Wildman–Crippen MR) is 75.6 cm³/mol. The third-order valence-electron chi connectivity index (χ3n) is 3.46. The van der Waals surface area contributed by atoms with Crippen LogP contribution in [0.15, 0.2) is 22.2 Å². The Kier molecular flexibility index (Phi) is 4.38. The highest BCUT2D eigenvalue weighted by Gasteiger charge is 2.56. The zero-order chi connectivity index (χ0) is 15.7. The van der Waals surface area contributed by atoms with Crippen LogP contribution >= 0.6 is 11.8 Å². The van der Waals surface area contributed by atoms with Gasteiger partial charge in [-0.2, -0.15) is 0 Å². The van der Waals surface area contributed by atoms with Gasteiger partial charge in [0.1, 0.15) is 5.70 Å². The van der Waals surface area contributed by atoms with Crippen molar-refractivity contribution in [2.45, 2.75) is 32.4 Å². The maximum Gasteiger partial charge on any atom is 0.353 e. The van der Waals surface area contributed by atoms with Gasteiger partial charge in [-0.05, 0) is 12.3 Å². The summed E-state index contributed by atoms with van der Waals surface area (Å²) < 4.78 is 0. The number of carbonyl (C=O) groups is 3. The van der Waals surface area contributed by atoms with Crippen LogP contribution in [0.25, 0.3) is 0 Å². The van der Waals surface area contributed by atoms with E-state index in [1.54, 1.807) is 5.41 Å². The number of β-lactam (4-membered cyclic amide) rings is 1. The number of carboxylic acids is 1. The van der Waals surface area contributed by atoms with Crippen molar-refractivity contribution in [1.29, 1.82) is 0 Å². The molecule has 0 radical (unpaired) electrons. The molecule has 1 fully saturated rings. The third kappa shape index (κ3) is 2.81. The van der Waals surface area contributed by atoms with Gasteiger partial charge < -0.3 is 20.4 Å². The van der Waals surface area contributed by atoms with E-state index in [-0.39, 0.29) is 23.6 Å². The summed E-state index contributed by atoms with van der Waals surface area (Å²) in [5.74, 6) is -2.28. The molecule has 2 rings (SSSR count). The lowest BCUT2D eigenvalue weighted by Gasteiger charge is -2.44. The Morgan fingerprint density at radius 3 is 2.71 bits per heavy atom. The van der Waals surface area contributed by atoms with Crippen LogP contribution in [-0.4, -0.2) is 45.0 Å². The van der Waals surface area contributed by atoms with Gasteiger partial charge in [-0.25, -0.2) is 4.79 Å². The average molecular weight is 312 g/mol. The van der Waals surface area contributed by atoms with E-state index in [1.165, 1.54) is 24.9 Å². The van der Waals surface area contributed by atoms with Crippen LogP contribution in [0.1, 0.15) is 20.3 Å². The zero-order valence-corrected chi connectivity index (χ0v) is 12.4. The molecule has 0 aromatic rings. The highest BCUT2D eigenvalue weighted by Crippen LogP contribution is 2.47. The number of amides is 2. The number of aliphatic carboxylic acids is 1. The normalized spacial score (nSPS) is 25.9. The Balaban J connectivity index is 2.13. The molecule has 114 valence electrons. The van der Waals surface area contributed by atoms with Gasteiger partial charge in [-0.15, -0.1) is 0 Å². The minimum atomic E-state index is -1.16. The molecule has 0 bridgehead atoms. The maximum atomic E-state index is 11.9. The second-order valence-corrected chi connectivity index (χ2v) is 5.94. The number of carboxylic acid groups (broad SMARTS) is 1. The molecule has 0 aliphatic carbocycles. The van der Waals surface area contributed by atoms with Gasteiger partial charge in [0, 0.05) is 24.4 Å². The molecule has 3 N–H and O–H groups in total. The topological polar surface area (TPSA) is 107 Å². The zero-order valence-electron chi connectivity index (χ0n) is 11.6. The van der Waals surface area contributed by atoms with Crippen molar-refractivity contribution in [2.24, 2.45) is 5.92 Å². The number of thioether (sulfide) groups is 1. The standard InChI is InChI=1S/C13H16N2O5S/c1-6(16)10-8-5-9(21-4-3-14-7(2)17)11(13(19)20)15(8)12(10)18/h3-4,6,8,10,16H,5H2,1-2H3,(H,14,17)(H,19,20)/b4-3+/t6-,8+,10+/m0/s1. The van der Waals surface area contributed by atoms with Crippen molar-refractivity contribution in [3.63, 3.8) is 0 Å². The molecule has 21 heavy (non-hydrogen) atoms. The molecule has 0 unspecified atom stereocenters. The summed E-state index contributed by atoms with van der Waals surface area (Å²) >= 11 is 1.15. The average Bonchev–Trinajstić information content (AvgIpc) is 2.68. The third-order valence-corrected chi connectivity index (χ3v) is 4.37. The van der Waals surface area contributed by atoms with Crippen LogP contribution in [0, 0.1) is 5.92 Å². The Morgan fingerprint density at radius 2 is 2.19 bits per heavy atom. The molecule has 8 heteroatoms. The minimum absolute atomic E-state index is 0.0284. The first-order valence-corrected chi connectivity index (χ1v) is 7.29. The van der Waals surface area contributed by atoms with E-state index < -0.39 is 18.0 Å². The summed E-state index contributed by atoms with van der Waals surface area (Å²) in [6.07, 6.45) is 1.02. The van der Waals surface area contributed by atoms with E-state index in [2.05, 4.69) is 5.32 Å². The molecule has 0 saturated carbocycles. The number of hydrogen-bond acceptors (Lipinski definition) is 5. The molecule has 2 amide bonds. The summed E-state index contributed by atoms with van der Waals surface area (Å²) in [7, 11) is 0. The number of carbonyl (C=O) groups excluding carboxylic acids is 2. The number of nitrogens with one attached hydrogen (secondary N) is 1.